The van der Waals surface area contributed by atoms with Crippen LogP contribution < -0.4 is 10.9 Å². The number of fused-ring (bicyclic) bond motifs is 1. The zero-order chi connectivity index (χ0) is 17.9. The second-order valence-corrected chi connectivity index (χ2v) is 6.48. The third-order valence-electron chi connectivity index (χ3n) is 4.73. The first-order chi connectivity index (χ1) is 12.7. The molecule has 1 N–H and O–H groups in total. The fourth-order valence-electron chi connectivity index (χ4n) is 3.46. The number of pyridine rings is 2. The van der Waals surface area contributed by atoms with E-state index in [1.807, 2.05) is 22.8 Å². The molecule has 6 nitrogen and oxygen atoms in total. The van der Waals surface area contributed by atoms with Crippen molar-refractivity contribution in [3.63, 3.8) is 0 Å². The number of nitrogens with zero attached hydrogens (tertiary/aromatic N) is 2. The molecule has 3 aromatic heterocycles. The highest BCUT2D eigenvalue weighted by Gasteiger charge is 2.24. The monoisotopic (exact) mass is 349 g/mol. The maximum Gasteiger partial charge on any atom is 0.287 e. The van der Waals surface area contributed by atoms with Gasteiger partial charge in [0.1, 0.15) is 0 Å². The van der Waals surface area contributed by atoms with E-state index in [1.54, 1.807) is 30.6 Å². The van der Waals surface area contributed by atoms with Crippen molar-refractivity contribution >= 4 is 5.91 Å². The average molecular weight is 349 g/mol. The predicted octanol–water partition coefficient (Wildman–Crippen LogP) is 2.17. The Balaban J connectivity index is 1.54. The van der Waals surface area contributed by atoms with Crippen LogP contribution in [0.15, 0.2) is 64.3 Å². The maximum atomic E-state index is 12.4. The highest BCUT2D eigenvalue weighted by Crippen LogP contribution is 2.21. The van der Waals surface area contributed by atoms with E-state index in [9.17, 15) is 9.59 Å². The molecule has 1 aliphatic carbocycles. The van der Waals surface area contributed by atoms with Gasteiger partial charge < -0.3 is 14.3 Å². The quantitative estimate of drug-likeness (QED) is 0.783. The molecule has 6 heteroatoms. The summed E-state index contributed by atoms with van der Waals surface area (Å²) in [7, 11) is 0. The van der Waals surface area contributed by atoms with Gasteiger partial charge in [-0.25, -0.2) is 0 Å². The second kappa shape index (κ2) is 7.00. The minimum Gasteiger partial charge on any atom is -0.459 e. The van der Waals surface area contributed by atoms with Gasteiger partial charge in [0.05, 0.1) is 12.8 Å². The first kappa shape index (κ1) is 16.3. The highest BCUT2D eigenvalue weighted by molar-refractivity contribution is 5.91. The van der Waals surface area contributed by atoms with Crippen molar-refractivity contribution in [2.75, 3.05) is 0 Å². The standard InChI is InChI=1S/C20H19N3O3/c24-19-8-5-15-11-16(22-20(25)18-4-2-10-26-18)6-7-17(15)23(19)13-14-3-1-9-21-12-14/h1-5,8-10,12,16H,6-7,11,13H2,(H,22,25)/t16-/m1/s1. The van der Waals surface area contributed by atoms with Crippen LogP contribution in [0.2, 0.25) is 0 Å². The maximum absolute atomic E-state index is 12.4. The van der Waals surface area contributed by atoms with Crippen LogP contribution in [0.25, 0.3) is 0 Å². The molecule has 4 rings (SSSR count). The summed E-state index contributed by atoms with van der Waals surface area (Å²) in [5.41, 5.74) is 3.14. The Hall–Kier alpha value is -3.15. The van der Waals surface area contributed by atoms with Gasteiger partial charge in [0.15, 0.2) is 5.76 Å². The van der Waals surface area contributed by atoms with Gasteiger partial charge in [-0.1, -0.05) is 12.1 Å². The number of hydrogen-bond donors (Lipinski definition) is 1. The SMILES string of the molecule is O=C(N[C@@H]1CCc2c(ccc(=O)n2Cc2cccnc2)C1)c1ccco1. The first-order valence-corrected chi connectivity index (χ1v) is 8.65. The van der Waals surface area contributed by atoms with Crippen molar-refractivity contribution in [1.29, 1.82) is 0 Å². The van der Waals surface area contributed by atoms with Crippen molar-refractivity contribution < 1.29 is 9.21 Å². The molecule has 0 spiro atoms. The molecule has 0 bridgehead atoms. The van der Waals surface area contributed by atoms with Gasteiger partial charge in [-0.15, -0.1) is 0 Å². The number of aromatic nitrogens is 2. The summed E-state index contributed by atoms with van der Waals surface area (Å²) in [6.45, 7) is 0.513. The van der Waals surface area contributed by atoms with E-state index in [-0.39, 0.29) is 17.5 Å². The van der Waals surface area contributed by atoms with Crippen LogP contribution in [0.3, 0.4) is 0 Å². The molecular formula is C20H19N3O3. The number of amides is 1. The van der Waals surface area contributed by atoms with Gasteiger partial charge in [0.2, 0.25) is 0 Å². The Morgan fingerprint density at radius 1 is 1.27 bits per heavy atom. The molecule has 132 valence electrons. The molecule has 3 heterocycles. The van der Waals surface area contributed by atoms with Crippen molar-refractivity contribution in [3.8, 4) is 0 Å². The molecule has 3 aromatic rings. The minimum absolute atomic E-state index is 0.00864. The number of rotatable bonds is 4. The Morgan fingerprint density at radius 3 is 2.96 bits per heavy atom. The van der Waals surface area contributed by atoms with Crippen molar-refractivity contribution in [1.82, 2.24) is 14.9 Å². The smallest absolute Gasteiger partial charge is 0.287 e. The Bertz CT molecular complexity index is 962. The Labute approximate surface area is 150 Å². The summed E-state index contributed by atoms with van der Waals surface area (Å²) in [6.07, 6.45) is 7.22. The molecular weight excluding hydrogens is 330 g/mol. The molecule has 0 aromatic carbocycles. The largest absolute Gasteiger partial charge is 0.459 e. The van der Waals surface area contributed by atoms with E-state index in [0.29, 0.717) is 18.7 Å². The van der Waals surface area contributed by atoms with Crippen molar-refractivity contribution in [2.45, 2.75) is 31.8 Å². The number of nitrogens with one attached hydrogen (secondary N) is 1. The second-order valence-electron chi connectivity index (χ2n) is 6.48. The lowest BCUT2D eigenvalue weighted by Gasteiger charge is -2.27. The molecule has 1 amide bonds. The zero-order valence-electron chi connectivity index (χ0n) is 14.2. The van der Waals surface area contributed by atoms with E-state index in [2.05, 4.69) is 10.3 Å². The molecule has 0 fully saturated rings. The molecule has 0 aliphatic heterocycles. The highest BCUT2D eigenvalue weighted by atomic mass is 16.3. The van der Waals surface area contributed by atoms with Crippen LogP contribution in [0.5, 0.6) is 0 Å². The fraction of sp³-hybridized carbons (Fsp3) is 0.250. The number of carbonyl (C=O) groups excluding carboxylic acids is 1. The first-order valence-electron chi connectivity index (χ1n) is 8.65. The molecule has 26 heavy (non-hydrogen) atoms. The Morgan fingerprint density at radius 2 is 2.19 bits per heavy atom. The summed E-state index contributed by atoms with van der Waals surface area (Å²) in [5.74, 6) is 0.115. The minimum atomic E-state index is -0.202. The number of hydrogen-bond acceptors (Lipinski definition) is 4. The van der Waals surface area contributed by atoms with Crippen LogP contribution >= 0.6 is 0 Å². The lowest BCUT2D eigenvalue weighted by Crippen LogP contribution is -2.40. The molecule has 0 saturated carbocycles. The fourth-order valence-corrected chi connectivity index (χ4v) is 3.46. The topological polar surface area (TPSA) is 77.1 Å². The lowest BCUT2D eigenvalue weighted by atomic mass is 9.91. The van der Waals surface area contributed by atoms with Crippen LogP contribution in [0.1, 0.15) is 33.8 Å². The molecule has 0 radical (unpaired) electrons. The zero-order valence-corrected chi connectivity index (χ0v) is 14.2. The molecule has 0 saturated heterocycles. The van der Waals surface area contributed by atoms with Crippen molar-refractivity contribution in [2.24, 2.45) is 0 Å². The van der Waals surface area contributed by atoms with Crippen LogP contribution in [-0.2, 0) is 19.4 Å². The number of furan rings is 1. The number of carbonyl (C=O) groups is 1. The van der Waals surface area contributed by atoms with Crippen molar-refractivity contribution in [3.05, 3.63) is 88.0 Å². The van der Waals surface area contributed by atoms with Gasteiger partial charge >= 0.3 is 0 Å². The Kier molecular flexibility index (Phi) is 4.39. The third-order valence-corrected chi connectivity index (χ3v) is 4.73. The van der Waals surface area contributed by atoms with Crippen LogP contribution in [0.4, 0.5) is 0 Å². The van der Waals surface area contributed by atoms with Gasteiger partial charge in [0, 0.05) is 30.2 Å². The van der Waals surface area contributed by atoms with E-state index in [0.717, 1.165) is 29.7 Å². The normalized spacial score (nSPS) is 16.1. The van der Waals surface area contributed by atoms with Crippen LogP contribution in [0, 0.1) is 0 Å². The predicted molar refractivity (Wildman–Crippen MR) is 96.0 cm³/mol. The summed E-state index contributed by atoms with van der Waals surface area (Å²) < 4.78 is 6.96. The molecule has 1 aliphatic rings. The van der Waals surface area contributed by atoms with Gasteiger partial charge in [-0.3, -0.25) is 14.6 Å². The van der Waals surface area contributed by atoms with E-state index in [4.69, 9.17) is 4.42 Å². The van der Waals surface area contributed by atoms with E-state index < -0.39 is 0 Å². The van der Waals surface area contributed by atoms with E-state index >= 15 is 0 Å². The van der Waals surface area contributed by atoms with E-state index in [1.165, 1.54) is 6.26 Å². The third kappa shape index (κ3) is 3.31. The van der Waals surface area contributed by atoms with Gasteiger partial charge in [0.25, 0.3) is 11.5 Å². The lowest BCUT2D eigenvalue weighted by molar-refractivity contribution is 0.0905. The summed E-state index contributed by atoms with van der Waals surface area (Å²) in [6, 6.07) is 10.7. The van der Waals surface area contributed by atoms with Crippen LogP contribution in [-0.4, -0.2) is 21.5 Å². The molecule has 0 unspecified atom stereocenters. The molecule has 1 atom stereocenters. The van der Waals surface area contributed by atoms with Gasteiger partial charge in [-0.05, 0) is 48.6 Å². The average Bonchev–Trinajstić information content (AvgIpc) is 3.20. The summed E-state index contributed by atoms with van der Waals surface area (Å²) in [4.78, 5) is 28.7. The summed E-state index contributed by atoms with van der Waals surface area (Å²) in [5, 5.41) is 3.02. The van der Waals surface area contributed by atoms with Gasteiger partial charge in [-0.2, -0.15) is 0 Å². The summed E-state index contributed by atoms with van der Waals surface area (Å²) >= 11 is 0.